The molecule has 124 valence electrons. The number of nitrogens with one attached hydrogen (secondary N) is 1. The molecule has 1 aliphatic rings. The number of carboxylic acids is 2. The average molecular weight is 329 g/mol. The largest absolute Gasteiger partial charge is 0.481 e. The average Bonchev–Trinajstić information content (AvgIpc) is 3.04. The topological polar surface area (TPSA) is 104 Å². The standard InChI is InChI=1S/C15H23NO5S/c1-15(2)8-10(15)13(19)16-11(14(20)21)6-4-3-5-7-22-9-12(17)18/h6,10H,3-5,7-9H2,1-2H3,(H,16,19)(H,17,18)(H,20,21)/b11-6-. The van der Waals surface area contributed by atoms with E-state index in [9.17, 15) is 14.4 Å². The molecule has 0 radical (unpaired) electrons. The number of hydrogen-bond acceptors (Lipinski definition) is 4. The maximum Gasteiger partial charge on any atom is 0.352 e. The van der Waals surface area contributed by atoms with E-state index in [4.69, 9.17) is 10.2 Å². The maximum atomic E-state index is 11.9. The monoisotopic (exact) mass is 329 g/mol. The number of amides is 1. The van der Waals surface area contributed by atoms with Gasteiger partial charge < -0.3 is 15.5 Å². The van der Waals surface area contributed by atoms with Gasteiger partial charge >= 0.3 is 11.9 Å². The molecule has 1 fully saturated rings. The summed E-state index contributed by atoms with van der Waals surface area (Å²) in [6.45, 7) is 3.96. The van der Waals surface area contributed by atoms with Crippen LogP contribution in [0.3, 0.4) is 0 Å². The predicted octanol–water partition coefficient (Wildman–Crippen LogP) is 2.11. The second kappa shape index (κ2) is 8.22. The number of allylic oxidation sites excluding steroid dienone is 1. The minimum atomic E-state index is -1.13. The van der Waals surface area contributed by atoms with Crippen LogP contribution in [-0.2, 0) is 14.4 Å². The molecule has 1 saturated carbocycles. The van der Waals surface area contributed by atoms with E-state index in [-0.39, 0.29) is 28.7 Å². The molecule has 3 N–H and O–H groups in total. The van der Waals surface area contributed by atoms with E-state index in [0.29, 0.717) is 6.42 Å². The Bertz CT molecular complexity index is 473. The lowest BCUT2D eigenvalue weighted by Gasteiger charge is -2.07. The summed E-state index contributed by atoms with van der Waals surface area (Å²) >= 11 is 1.34. The number of thioether (sulfide) groups is 1. The van der Waals surface area contributed by atoms with Crippen LogP contribution in [0.25, 0.3) is 0 Å². The molecule has 0 heterocycles. The third-order valence-electron chi connectivity index (χ3n) is 3.63. The molecule has 6 nitrogen and oxygen atoms in total. The van der Waals surface area contributed by atoms with Crippen molar-refractivity contribution in [1.29, 1.82) is 0 Å². The third kappa shape index (κ3) is 6.51. The summed E-state index contributed by atoms with van der Waals surface area (Å²) in [4.78, 5) is 33.4. The van der Waals surface area contributed by atoms with E-state index in [1.54, 1.807) is 0 Å². The van der Waals surface area contributed by atoms with Gasteiger partial charge in [-0.3, -0.25) is 9.59 Å². The van der Waals surface area contributed by atoms with Gasteiger partial charge in [0, 0.05) is 5.92 Å². The van der Waals surface area contributed by atoms with E-state index in [1.807, 2.05) is 13.8 Å². The molecular weight excluding hydrogens is 306 g/mol. The molecule has 1 atom stereocenters. The Hall–Kier alpha value is -1.50. The van der Waals surface area contributed by atoms with Gasteiger partial charge in [-0.25, -0.2) is 4.79 Å². The Balaban J connectivity index is 2.29. The van der Waals surface area contributed by atoms with Crippen molar-refractivity contribution in [3.05, 3.63) is 11.8 Å². The number of carboxylic acid groups (broad SMARTS) is 2. The summed E-state index contributed by atoms with van der Waals surface area (Å²) in [6, 6.07) is 0. The summed E-state index contributed by atoms with van der Waals surface area (Å²) in [5.74, 6) is -1.48. The van der Waals surface area contributed by atoms with Gasteiger partial charge in [-0.2, -0.15) is 11.8 Å². The molecule has 0 aliphatic heterocycles. The first-order chi connectivity index (χ1) is 10.2. The minimum Gasteiger partial charge on any atom is -0.481 e. The van der Waals surface area contributed by atoms with E-state index in [2.05, 4.69) is 5.32 Å². The van der Waals surface area contributed by atoms with Crippen molar-refractivity contribution in [2.45, 2.75) is 39.5 Å². The van der Waals surface area contributed by atoms with Crippen LogP contribution >= 0.6 is 11.8 Å². The summed E-state index contributed by atoms with van der Waals surface area (Å²) in [6.07, 6.45) is 4.42. The first-order valence-electron chi connectivity index (χ1n) is 7.28. The third-order valence-corrected chi connectivity index (χ3v) is 4.66. The molecule has 0 saturated heterocycles. The number of carbonyl (C=O) groups is 3. The first-order valence-corrected chi connectivity index (χ1v) is 8.43. The molecular formula is C15H23NO5S. The lowest BCUT2D eigenvalue weighted by molar-refractivity contribution is -0.135. The molecule has 0 aromatic carbocycles. The summed E-state index contributed by atoms with van der Waals surface area (Å²) < 4.78 is 0. The van der Waals surface area contributed by atoms with Crippen molar-refractivity contribution in [2.75, 3.05) is 11.5 Å². The number of hydrogen-bond donors (Lipinski definition) is 3. The quantitative estimate of drug-likeness (QED) is 0.419. The highest BCUT2D eigenvalue weighted by Crippen LogP contribution is 2.51. The molecule has 1 rings (SSSR count). The summed E-state index contributed by atoms with van der Waals surface area (Å²) in [7, 11) is 0. The highest BCUT2D eigenvalue weighted by atomic mass is 32.2. The van der Waals surface area contributed by atoms with Gasteiger partial charge in [-0.1, -0.05) is 19.9 Å². The van der Waals surface area contributed by atoms with E-state index in [1.165, 1.54) is 17.8 Å². The van der Waals surface area contributed by atoms with Crippen molar-refractivity contribution < 1.29 is 24.6 Å². The fourth-order valence-electron chi connectivity index (χ4n) is 2.08. The second-order valence-electron chi connectivity index (χ2n) is 6.10. The minimum absolute atomic E-state index is 0.0327. The number of unbranched alkanes of at least 4 members (excludes halogenated alkanes) is 2. The van der Waals surface area contributed by atoms with Gasteiger partial charge in [0.25, 0.3) is 0 Å². The van der Waals surface area contributed by atoms with Crippen LogP contribution in [-0.4, -0.2) is 39.6 Å². The fraction of sp³-hybridized carbons (Fsp3) is 0.667. The SMILES string of the molecule is CC1(C)CC1C(=O)N/C(=C\CCCCSCC(=O)O)C(=O)O. The van der Waals surface area contributed by atoms with Crippen molar-refractivity contribution in [2.24, 2.45) is 11.3 Å². The lowest BCUT2D eigenvalue weighted by Crippen LogP contribution is -2.29. The number of rotatable bonds is 10. The van der Waals surface area contributed by atoms with Crippen molar-refractivity contribution >= 4 is 29.6 Å². The highest BCUT2D eigenvalue weighted by molar-refractivity contribution is 7.99. The zero-order chi connectivity index (χ0) is 16.8. The molecule has 1 amide bonds. The summed E-state index contributed by atoms with van der Waals surface area (Å²) in [5, 5.41) is 20.1. The van der Waals surface area contributed by atoms with Crippen molar-refractivity contribution in [3.63, 3.8) is 0 Å². The zero-order valence-corrected chi connectivity index (χ0v) is 13.7. The smallest absolute Gasteiger partial charge is 0.352 e. The molecule has 7 heteroatoms. The molecule has 0 aromatic heterocycles. The Kier molecular flexibility index (Phi) is 6.93. The van der Waals surface area contributed by atoms with Gasteiger partial charge in [-0.15, -0.1) is 0 Å². The van der Waals surface area contributed by atoms with E-state index in [0.717, 1.165) is 25.0 Å². The zero-order valence-electron chi connectivity index (χ0n) is 12.9. The maximum absolute atomic E-state index is 11.9. The van der Waals surface area contributed by atoms with Crippen LogP contribution < -0.4 is 5.32 Å². The van der Waals surface area contributed by atoms with Gasteiger partial charge in [0.1, 0.15) is 5.70 Å². The van der Waals surface area contributed by atoms with E-state index >= 15 is 0 Å². The molecule has 1 unspecified atom stereocenters. The molecule has 0 aromatic rings. The Labute approximate surface area is 134 Å². The van der Waals surface area contributed by atoms with Gasteiger partial charge in [0.2, 0.25) is 5.91 Å². The highest BCUT2D eigenvalue weighted by Gasteiger charge is 2.50. The van der Waals surface area contributed by atoms with Crippen LogP contribution in [0.15, 0.2) is 11.8 Å². The van der Waals surface area contributed by atoms with Gasteiger partial charge in [0.05, 0.1) is 5.75 Å². The molecule has 22 heavy (non-hydrogen) atoms. The normalized spacial score (nSPS) is 19.5. The van der Waals surface area contributed by atoms with Crippen molar-refractivity contribution in [1.82, 2.24) is 5.32 Å². The van der Waals surface area contributed by atoms with E-state index < -0.39 is 11.9 Å². The summed E-state index contributed by atoms with van der Waals surface area (Å²) in [5.41, 5.74) is -0.0967. The Morgan fingerprint density at radius 1 is 1.27 bits per heavy atom. The number of carbonyl (C=O) groups excluding carboxylic acids is 1. The van der Waals surface area contributed by atoms with Crippen LogP contribution in [0.5, 0.6) is 0 Å². The fourth-order valence-corrected chi connectivity index (χ4v) is 2.81. The van der Waals surface area contributed by atoms with Crippen LogP contribution in [0.1, 0.15) is 39.5 Å². The first kappa shape index (κ1) is 18.5. The lowest BCUT2D eigenvalue weighted by atomic mass is 10.1. The Morgan fingerprint density at radius 3 is 2.41 bits per heavy atom. The van der Waals surface area contributed by atoms with Gasteiger partial charge in [0.15, 0.2) is 0 Å². The van der Waals surface area contributed by atoms with Gasteiger partial charge in [-0.05, 0) is 36.9 Å². The molecule has 1 aliphatic carbocycles. The predicted molar refractivity (Wildman–Crippen MR) is 84.6 cm³/mol. The number of aliphatic carboxylic acids is 2. The van der Waals surface area contributed by atoms with Crippen LogP contribution in [0.4, 0.5) is 0 Å². The van der Waals surface area contributed by atoms with Crippen LogP contribution in [0, 0.1) is 11.3 Å². The molecule has 0 bridgehead atoms. The molecule has 0 spiro atoms. The Morgan fingerprint density at radius 2 is 1.91 bits per heavy atom. The van der Waals surface area contributed by atoms with Crippen molar-refractivity contribution in [3.8, 4) is 0 Å². The second-order valence-corrected chi connectivity index (χ2v) is 7.20. The van der Waals surface area contributed by atoms with Crippen LogP contribution in [0.2, 0.25) is 0 Å².